The van der Waals surface area contributed by atoms with Crippen molar-refractivity contribution in [1.29, 1.82) is 0 Å². The van der Waals surface area contributed by atoms with Gasteiger partial charge in [0.25, 0.3) is 0 Å². The van der Waals surface area contributed by atoms with Gasteiger partial charge in [0.2, 0.25) is 35.4 Å². The number of hydrogen-bond donors (Lipinski definition) is 6. The van der Waals surface area contributed by atoms with Crippen LogP contribution in [0.4, 0.5) is 0 Å². The molecular weight excluding hydrogens is 684 g/mol. The Morgan fingerprint density at radius 1 is 0.528 bits per heavy atom. The van der Waals surface area contributed by atoms with Crippen molar-refractivity contribution in [1.82, 2.24) is 31.1 Å². The van der Waals surface area contributed by atoms with E-state index in [2.05, 4.69) is 61.0 Å². The first kappa shape index (κ1) is 46.9. The molecule has 0 aliphatic carbocycles. The molecule has 6 N–H and O–H groups in total. The fraction of sp³-hybridized carbons (Fsp3) is 0.684. The monoisotopic (exact) mass is 748 g/mol. The summed E-state index contributed by atoms with van der Waals surface area (Å²) in [7, 11) is 0. The van der Waals surface area contributed by atoms with E-state index in [4.69, 9.17) is 0 Å². The highest BCUT2D eigenvalue weighted by molar-refractivity contribution is 5.83. The Morgan fingerprint density at radius 2 is 0.906 bits per heavy atom. The Morgan fingerprint density at radius 3 is 1.28 bits per heavy atom. The Balaban J connectivity index is 2.01. The third-order valence-corrected chi connectivity index (χ3v) is 8.64. The normalized spacial score (nSPS) is 11.1. The van der Waals surface area contributed by atoms with E-state index in [1.807, 2.05) is 0 Å². The van der Waals surface area contributed by atoms with Gasteiger partial charge in [-0.3, -0.25) is 44.4 Å². The number of nitrogens with one attached hydrogen (secondary N) is 3. The molecule has 0 aliphatic heterocycles. The van der Waals surface area contributed by atoms with Crippen molar-refractivity contribution >= 4 is 35.4 Å². The zero-order valence-electron chi connectivity index (χ0n) is 32.3. The number of unbranched alkanes of at least 4 members (excludes halogenated alkanes) is 6. The summed E-state index contributed by atoms with van der Waals surface area (Å²) in [6, 6.07) is 8.36. The third kappa shape index (κ3) is 23.3. The Kier molecular flexibility index (Phi) is 23.6. The summed E-state index contributed by atoms with van der Waals surface area (Å²) in [5.41, 5.74) is 2.48. The molecule has 0 aliphatic rings. The van der Waals surface area contributed by atoms with Crippen LogP contribution in [0, 0.1) is 0 Å². The van der Waals surface area contributed by atoms with E-state index in [9.17, 15) is 44.4 Å². The zero-order chi connectivity index (χ0) is 39.6. The Labute approximate surface area is 314 Å². The van der Waals surface area contributed by atoms with Crippen LogP contribution in [0.5, 0.6) is 0 Å². The van der Waals surface area contributed by atoms with Gasteiger partial charge in [-0.15, -0.1) is 0 Å². The van der Waals surface area contributed by atoms with Crippen LogP contribution < -0.4 is 16.0 Å². The van der Waals surface area contributed by atoms with Gasteiger partial charge in [-0.25, -0.2) is 15.2 Å². The minimum atomic E-state index is -0.559. The predicted molar refractivity (Wildman–Crippen MR) is 199 cm³/mol. The molecule has 0 aromatic heterocycles. The number of hydrogen-bond acceptors (Lipinski definition) is 9. The van der Waals surface area contributed by atoms with Gasteiger partial charge in [0, 0.05) is 78.3 Å². The fourth-order valence-corrected chi connectivity index (χ4v) is 5.17. The molecule has 0 saturated carbocycles. The second kappa shape index (κ2) is 26.6. The van der Waals surface area contributed by atoms with Gasteiger partial charge in [0.1, 0.15) is 0 Å². The van der Waals surface area contributed by atoms with Gasteiger partial charge in [-0.05, 0) is 80.8 Å². The fourth-order valence-electron chi connectivity index (χ4n) is 5.17. The predicted octanol–water partition coefficient (Wildman–Crippen LogP) is 4.01. The summed E-state index contributed by atoms with van der Waals surface area (Å²) in [6.07, 6.45) is 6.45. The average molecular weight is 749 g/mol. The molecule has 1 rings (SSSR count). The highest BCUT2D eigenvalue weighted by Crippen LogP contribution is 2.22. The van der Waals surface area contributed by atoms with Crippen LogP contribution in [0.2, 0.25) is 0 Å². The number of carbonyl (C=O) groups excluding carboxylic acids is 6. The van der Waals surface area contributed by atoms with Gasteiger partial charge < -0.3 is 16.0 Å². The first-order valence-electron chi connectivity index (χ1n) is 18.9. The van der Waals surface area contributed by atoms with Gasteiger partial charge >= 0.3 is 0 Å². The van der Waals surface area contributed by atoms with Crippen LogP contribution in [-0.2, 0) is 40.6 Å². The molecule has 0 radical (unpaired) electrons. The summed E-state index contributed by atoms with van der Waals surface area (Å²) in [5, 5.41) is 39.5. The lowest BCUT2D eigenvalue weighted by Gasteiger charge is -2.19. The quantitative estimate of drug-likeness (QED) is 0.0436. The molecule has 1 aromatic rings. The van der Waals surface area contributed by atoms with Crippen molar-refractivity contribution in [2.24, 2.45) is 0 Å². The molecular formula is C38H64N6O9. The van der Waals surface area contributed by atoms with Crippen molar-refractivity contribution in [2.75, 3.05) is 39.3 Å². The minimum absolute atomic E-state index is 0.00745. The summed E-state index contributed by atoms with van der Waals surface area (Å²) in [5.74, 6) is -2.14. The number of amides is 6. The molecule has 6 amide bonds. The highest BCUT2D eigenvalue weighted by Gasteiger charge is 2.15. The van der Waals surface area contributed by atoms with E-state index in [0.29, 0.717) is 92.6 Å². The SMILES string of the molecule is CC(=O)N(O)CCCCCNC(=O)CCC(=O)N(O)CCCCCNC(=O)CCC(=O)N(O)CCCCCNC(=O)CCc1ccc(C(C)(C)C)cc1. The van der Waals surface area contributed by atoms with Crippen LogP contribution in [0.15, 0.2) is 24.3 Å². The van der Waals surface area contributed by atoms with Crippen molar-refractivity contribution in [2.45, 2.75) is 129 Å². The van der Waals surface area contributed by atoms with E-state index >= 15 is 0 Å². The second-order valence-corrected chi connectivity index (χ2v) is 14.4. The van der Waals surface area contributed by atoms with Crippen molar-refractivity contribution in [3.05, 3.63) is 35.4 Å². The van der Waals surface area contributed by atoms with Crippen molar-refractivity contribution in [3.63, 3.8) is 0 Å². The topological polar surface area (TPSA) is 209 Å². The van der Waals surface area contributed by atoms with Crippen LogP contribution in [0.25, 0.3) is 0 Å². The van der Waals surface area contributed by atoms with Crippen LogP contribution in [0.3, 0.4) is 0 Å². The minimum Gasteiger partial charge on any atom is -0.356 e. The van der Waals surface area contributed by atoms with Gasteiger partial charge in [0.15, 0.2) is 0 Å². The maximum Gasteiger partial charge on any atom is 0.246 e. The van der Waals surface area contributed by atoms with Crippen molar-refractivity contribution in [3.8, 4) is 0 Å². The second-order valence-electron chi connectivity index (χ2n) is 14.4. The molecule has 0 fully saturated rings. The van der Waals surface area contributed by atoms with E-state index in [1.165, 1.54) is 12.5 Å². The largest absolute Gasteiger partial charge is 0.356 e. The van der Waals surface area contributed by atoms with Gasteiger partial charge in [-0.1, -0.05) is 45.0 Å². The molecule has 0 unspecified atom stereocenters. The van der Waals surface area contributed by atoms with Gasteiger partial charge in [-0.2, -0.15) is 0 Å². The first-order chi connectivity index (χ1) is 25.1. The Bertz CT molecular complexity index is 1270. The number of rotatable bonds is 27. The third-order valence-electron chi connectivity index (χ3n) is 8.64. The molecule has 53 heavy (non-hydrogen) atoms. The number of hydroxylamine groups is 6. The maximum absolute atomic E-state index is 12.2. The lowest BCUT2D eigenvalue weighted by Crippen LogP contribution is -2.31. The summed E-state index contributed by atoms with van der Waals surface area (Å²) >= 11 is 0. The number of aryl methyl sites for hydroxylation is 1. The standard InChI is InChI=1S/C38H64N6O9/c1-30(45)42(51)27-11-5-8-25-40-34(47)20-22-36(49)44(53)29-13-7-10-26-41-35(48)21-23-37(50)43(52)28-12-6-9-24-39-33(46)19-16-31-14-17-32(18-15-31)38(2,3)4/h14-15,17-18,51-53H,5-13,16,19-29H2,1-4H3,(H,39,46)(H,40,47)(H,41,48). The average Bonchev–Trinajstić information content (AvgIpc) is 3.12. The molecule has 1 aromatic carbocycles. The molecule has 15 heteroatoms. The van der Waals surface area contributed by atoms with Crippen LogP contribution >= 0.6 is 0 Å². The maximum atomic E-state index is 12.2. The molecule has 15 nitrogen and oxygen atoms in total. The van der Waals surface area contributed by atoms with E-state index in [1.54, 1.807) is 0 Å². The molecule has 0 heterocycles. The Hall–Kier alpha value is -4.08. The summed E-state index contributed by atoms with van der Waals surface area (Å²) in [6.45, 7) is 9.55. The molecule has 0 bridgehead atoms. The first-order valence-corrected chi connectivity index (χ1v) is 18.9. The zero-order valence-corrected chi connectivity index (χ0v) is 32.3. The van der Waals surface area contributed by atoms with Crippen molar-refractivity contribution < 1.29 is 44.4 Å². The van der Waals surface area contributed by atoms with E-state index in [0.717, 1.165) is 18.4 Å². The lowest BCUT2D eigenvalue weighted by atomic mass is 9.86. The number of benzene rings is 1. The molecule has 0 atom stereocenters. The van der Waals surface area contributed by atoms with E-state index < -0.39 is 17.7 Å². The molecule has 0 spiro atoms. The van der Waals surface area contributed by atoms with E-state index in [-0.39, 0.29) is 68.5 Å². The van der Waals surface area contributed by atoms with Gasteiger partial charge in [0.05, 0.1) is 0 Å². The van der Waals surface area contributed by atoms with Crippen LogP contribution in [-0.4, -0.2) is 106 Å². The summed E-state index contributed by atoms with van der Waals surface area (Å²) < 4.78 is 0. The lowest BCUT2D eigenvalue weighted by molar-refractivity contribution is -0.166. The molecule has 0 saturated heterocycles. The summed E-state index contributed by atoms with van der Waals surface area (Å²) in [4.78, 5) is 71.4. The number of carbonyl (C=O) groups is 6. The number of nitrogens with zero attached hydrogens (tertiary/aromatic N) is 3. The highest BCUT2D eigenvalue weighted by atomic mass is 16.5. The van der Waals surface area contributed by atoms with Crippen LogP contribution in [0.1, 0.15) is 129 Å². The molecule has 300 valence electrons. The smallest absolute Gasteiger partial charge is 0.246 e.